The van der Waals surface area contributed by atoms with Crippen molar-refractivity contribution in [2.24, 2.45) is 5.73 Å². The van der Waals surface area contributed by atoms with Crippen LogP contribution in [0, 0.1) is 0 Å². The minimum atomic E-state index is -0.563. The van der Waals surface area contributed by atoms with Gasteiger partial charge in [0.15, 0.2) is 5.78 Å². The number of amides is 1. The summed E-state index contributed by atoms with van der Waals surface area (Å²) in [4.78, 5) is 26.7. The van der Waals surface area contributed by atoms with E-state index in [9.17, 15) is 9.59 Å². The van der Waals surface area contributed by atoms with Crippen LogP contribution in [0.2, 0.25) is 0 Å². The number of thiazole rings is 1. The molecule has 6 nitrogen and oxygen atoms in total. The number of aromatic nitrogens is 3. The molecular formula is C10H10N4O2S. The molecular weight excluding hydrogens is 240 g/mol. The first-order valence-electron chi connectivity index (χ1n) is 4.85. The van der Waals surface area contributed by atoms with E-state index in [-0.39, 0.29) is 11.5 Å². The second-order valence-electron chi connectivity index (χ2n) is 3.44. The van der Waals surface area contributed by atoms with E-state index < -0.39 is 5.91 Å². The average molecular weight is 250 g/mol. The van der Waals surface area contributed by atoms with Crippen LogP contribution in [0.25, 0.3) is 0 Å². The number of primary amides is 1. The van der Waals surface area contributed by atoms with Gasteiger partial charge in [-0.1, -0.05) is 0 Å². The van der Waals surface area contributed by atoms with Crippen molar-refractivity contribution in [3.63, 3.8) is 0 Å². The molecule has 0 fully saturated rings. The normalized spacial score (nSPS) is 10.4. The molecule has 0 saturated heterocycles. The lowest BCUT2D eigenvalue weighted by molar-refractivity contribution is 0.0992. The molecule has 88 valence electrons. The Kier molecular flexibility index (Phi) is 3.01. The predicted octanol–water partition coefficient (Wildman–Crippen LogP) is 0.689. The molecule has 2 N–H and O–H groups in total. The topological polar surface area (TPSA) is 90.9 Å². The van der Waals surface area contributed by atoms with E-state index in [0.717, 1.165) is 5.01 Å². The smallest absolute Gasteiger partial charge is 0.269 e. The maximum atomic E-state index is 11.1. The number of carbonyl (C=O) groups is 2. The van der Waals surface area contributed by atoms with Crippen LogP contribution in [0.5, 0.6) is 0 Å². The first kappa shape index (κ1) is 11.5. The van der Waals surface area contributed by atoms with Gasteiger partial charge >= 0.3 is 0 Å². The third-order valence-corrected chi connectivity index (χ3v) is 3.17. The third-order valence-electron chi connectivity index (χ3n) is 2.09. The van der Waals surface area contributed by atoms with Crippen LogP contribution >= 0.6 is 11.3 Å². The van der Waals surface area contributed by atoms with E-state index in [2.05, 4.69) is 10.1 Å². The van der Waals surface area contributed by atoms with Crippen LogP contribution in [0.3, 0.4) is 0 Å². The van der Waals surface area contributed by atoms with Gasteiger partial charge in [-0.3, -0.25) is 14.3 Å². The molecule has 0 bridgehead atoms. The van der Waals surface area contributed by atoms with Crippen LogP contribution in [0.1, 0.15) is 32.1 Å². The van der Waals surface area contributed by atoms with Gasteiger partial charge in [0, 0.05) is 19.3 Å². The molecule has 7 heteroatoms. The zero-order valence-electron chi connectivity index (χ0n) is 9.08. The molecule has 2 aromatic rings. The Balaban J connectivity index is 2.13. The second-order valence-corrected chi connectivity index (χ2v) is 4.55. The highest BCUT2D eigenvalue weighted by Gasteiger charge is 2.08. The molecule has 17 heavy (non-hydrogen) atoms. The molecule has 0 aromatic carbocycles. The predicted molar refractivity (Wildman–Crippen MR) is 62.0 cm³/mol. The van der Waals surface area contributed by atoms with Gasteiger partial charge in [-0.15, -0.1) is 11.3 Å². The first-order valence-corrected chi connectivity index (χ1v) is 5.67. The van der Waals surface area contributed by atoms with Crippen molar-refractivity contribution in [3.8, 4) is 0 Å². The standard InChI is InChI=1S/C10H10N4O2S/c1-6(15)8-4-12-9(17-8)5-14-3-2-7(13-14)10(11)16/h2-4H,5H2,1H3,(H2,11,16). The Labute approximate surface area is 101 Å². The summed E-state index contributed by atoms with van der Waals surface area (Å²) >= 11 is 1.32. The average Bonchev–Trinajstić information content (AvgIpc) is 2.87. The monoisotopic (exact) mass is 250 g/mol. The Morgan fingerprint density at radius 1 is 1.53 bits per heavy atom. The van der Waals surface area contributed by atoms with Crippen molar-refractivity contribution < 1.29 is 9.59 Å². The summed E-state index contributed by atoms with van der Waals surface area (Å²) in [5.74, 6) is -0.570. The van der Waals surface area contributed by atoms with Crippen LogP contribution in [-0.4, -0.2) is 26.5 Å². The summed E-state index contributed by atoms with van der Waals surface area (Å²) in [6, 6.07) is 1.54. The summed E-state index contributed by atoms with van der Waals surface area (Å²) in [6.45, 7) is 1.92. The lowest BCUT2D eigenvalue weighted by Gasteiger charge is -1.95. The van der Waals surface area contributed by atoms with Gasteiger partial charge in [-0.25, -0.2) is 4.98 Å². The maximum Gasteiger partial charge on any atom is 0.269 e. The summed E-state index contributed by atoms with van der Waals surface area (Å²) in [6.07, 6.45) is 3.19. The summed E-state index contributed by atoms with van der Waals surface area (Å²) < 4.78 is 1.56. The number of carbonyl (C=O) groups excluding carboxylic acids is 2. The lowest BCUT2D eigenvalue weighted by Crippen LogP contribution is -2.12. The maximum absolute atomic E-state index is 11.1. The van der Waals surface area contributed by atoms with Crippen molar-refractivity contribution >= 4 is 23.0 Å². The molecule has 0 spiro atoms. The van der Waals surface area contributed by atoms with Crippen LogP contribution in [-0.2, 0) is 6.54 Å². The van der Waals surface area contributed by atoms with Crippen molar-refractivity contribution in [1.29, 1.82) is 0 Å². The van der Waals surface area contributed by atoms with E-state index in [1.165, 1.54) is 18.3 Å². The highest BCUT2D eigenvalue weighted by Crippen LogP contribution is 2.14. The van der Waals surface area contributed by atoms with Crippen molar-refractivity contribution in [3.05, 3.63) is 34.0 Å². The van der Waals surface area contributed by atoms with Crippen molar-refractivity contribution in [1.82, 2.24) is 14.8 Å². The van der Waals surface area contributed by atoms with Crippen LogP contribution in [0.15, 0.2) is 18.5 Å². The Bertz CT molecular complexity index is 522. The number of nitrogens with two attached hydrogens (primary N) is 1. The Hall–Kier alpha value is -2.02. The summed E-state index contributed by atoms with van der Waals surface area (Å²) in [5.41, 5.74) is 5.31. The minimum absolute atomic E-state index is 0.00737. The number of nitrogens with zero attached hydrogens (tertiary/aromatic N) is 3. The van der Waals surface area contributed by atoms with E-state index in [4.69, 9.17) is 5.73 Å². The molecule has 0 aliphatic rings. The van der Waals surface area contributed by atoms with Gasteiger partial charge in [0.2, 0.25) is 0 Å². The third kappa shape index (κ3) is 2.56. The van der Waals surface area contributed by atoms with E-state index >= 15 is 0 Å². The van der Waals surface area contributed by atoms with Crippen molar-refractivity contribution in [2.75, 3.05) is 0 Å². The number of Topliss-reactive ketones (excluding diaryl/α,β-unsaturated/α-hetero) is 1. The fourth-order valence-corrected chi connectivity index (χ4v) is 2.07. The SMILES string of the molecule is CC(=O)c1cnc(Cn2ccc(C(N)=O)n2)s1. The van der Waals surface area contributed by atoms with Gasteiger partial charge in [-0.2, -0.15) is 5.10 Å². The fourth-order valence-electron chi connectivity index (χ4n) is 1.27. The Morgan fingerprint density at radius 2 is 2.29 bits per heavy atom. The molecule has 0 unspecified atom stereocenters. The summed E-state index contributed by atoms with van der Waals surface area (Å²) in [5, 5.41) is 4.74. The fraction of sp³-hybridized carbons (Fsp3) is 0.200. The van der Waals surface area contributed by atoms with E-state index in [1.807, 2.05) is 0 Å². The van der Waals surface area contributed by atoms with Gasteiger partial charge < -0.3 is 5.73 Å². The largest absolute Gasteiger partial charge is 0.364 e. The second kappa shape index (κ2) is 4.46. The van der Waals surface area contributed by atoms with Gasteiger partial charge in [-0.05, 0) is 6.07 Å². The Morgan fingerprint density at radius 3 is 2.82 bits per heavy atom. The molecule has 2 heterocycles. The van der Waals surface area contributed by atoms with Gasteiger partial charge in [0.1, 0.15) is 10.7 Å². The number of hydrogen-bond donors (Lipinski definition) is 1. The highest BCUT2D eigenvalue weighted by molar-refractivity contribution is 7.13. The minimum Gasteiger partial charge on any atom is -0.364 e. The molecule has 0 aliphatic carbocycles. The summed E-state index contributed by atoms with van der Waals surface area (Å²) in [7, 11) is 0. The molecule has 0 atom stereocenters. The molecule has 2 rings (SSSR count). The first-order chi connectivity index (χ1) is 8.06. The zero-order chi connectivity index (χ0) is 12.4. The zero-order valence-corrected chi connectivity index (χ0v) is 9.90. The van der Waals surface area contributed by atoms with E-state index in [0.29, 0.717) is 11.4 Å². The van der Waals surface area contributed by atoms with Crippen LogP contribution in [0.4, 0.5) is 0 Å². The molecule has 1 amide bonds. The molecule has 0 aliphatic heterocycles. The number of hydrogen-bond acceptors (Lipinski definition) is 5. The van der Waals surface area contributed by atoms with Crippen LogP contribution < -0.4 is 5.73 Å². The van der Waals surface area contributed by atoms with Gasteiger partial charge in [0.25, 0.3) is 5.91 Å². The molecule has 0 radical (unpaired) electrons. The highest BCUT2D eigenvalue weighted by atomic mass is 32.1. The van der Waals surface area contributed by atoms with Gasteiger partial charge in [0.05, 0.1) is 11.4 Å². The van der Waals surface area contributed by atoms with E-state index in [1.54, 1.807) is 23.1 Å². The number of ketones is 1. The molecule has 0 saturated carbocycles. The quantitative estimate of drug-likeness (QED) is 0.808. The number of rotatable bonds is 4. The molecule has 2 aromatic heterocycles. The van der Waals surface area contributed by atoms with Crippen molar-refractivity contribution in [2.45, 2.75) is 13.5 Å². The lowest BCUT2D eigenvalue weighted by atomic mass is 10.4.